The van der Waals surface area contributed by atoms with Gasteiger partial charge in [0.15, 0.2) is 5.82 Å². The molecule has 45 heavy (non-hydrogen) atoms. The summed E-state index contributed by atoms with van der Waals surface area (Å²) in [6, 6.07) is 16.5. The summed E-state index contributed by atoms with van der Waals surface area (Å²) in [5.41, 5.74) is 4.89. The van der Waals surface area contributed by atoms with Crippen LogP contribution in [0.3, 0.4) is 0 Å². The molecule has 0 aliphatic carbocycles. The van der Waals surface area contributed by atoms with Gasteiger partial charge in [0.05, 0.1) is 53.1 Å². The van der Waals surface area contributed by atoms with Gasteiger partial charge in [-0.3, -0.25) is 4.90 Å². The fourth-order valence-electron chi connectivity index (χ4n) is 5.60. The summed E-state index contributed by atoms with van der Waals surface area (Å²) in [7, 11) is 0. The van der Waals surface area contributed by atoms with E-state index in [1.165, 1.54) is 12.1 Å². The average Bonchev–Trinajstić information content (AvgIpc) is 3.37. The van der Waals surface area contributed by atoms with Gasteiger partial charge in [-0.1, -0.05) is 12.1 Å². The Morgan fingerprint density at radius 3 is 2.82 bits per heavy atom. The van der Waals surface area contributed by atoms with Gasteiger partial charge in [0.2, 0.25) is 5.88 Å². The van der Waals surface area contributed by atoms with E-state index in [1.54, 1.807) is 42.5 Å². The maximum atomic E-state index is 14.3. The van der Waals surface area contributed by atoms with Crippen molar-refractivity contribution < 1.29 is 23.8 Å². The Hall–Kier alpha value is -5.25. The van der Waals surface area contributed by atoms with Gasteiger partial charge in [-0.2, -0.15) is 5.26 Å². The van der Waals surface area contributed by atoms with Crippen LogP contribution in [0, 0.1) is 17.1 Å². The molecule has 2 aliphatic heterocycles. The number of pyridine rings is 1. The van der Waals surface area contributed by atoms with Gasteiger partial charge in [0, 0.05) is 49.5 Å². The quantitative estimate of drug-likeness (QED) is 0.255. The topological polar surface area (TPSA) is 139 Å². The molecular formula is C33H28FN7O4. The monoisotopic (exact) mass is 605 g/mol. The van der Waals surface area contributed by atoms with E-state index in [-0.39, 0.29) is 23.8 Å². The average molecular weight is 606 g/mol. The molecule has 2 aromatic carbocycles. The first kappa shape index (κ1) is 28.5. The van der Waals surface area contributed by atoms with Crippen molar-refractivity contribution in [2.75, 3.05) is 13.2 Å². The minimum atomic E-state index is -0.967. The summed E-state index contributed by atoms with van der Waals surface area (Å²) in [6.45, 7) is 3.34. The van der Waals surface area contributed by atoms with E-state index >= 15 is 0 Å². The number of hydrogen-bond acceptors (Lipinski definition) is 9. The van der Waals surface area contributed by atoms with E-state index < -0.39 is 11.8 Å². The first-order valence-corrected chi connectivity index (χ1v) is 14.6. The summed E-state index contributed by atoms with van der Waals surface area (Å²) < 4.78 is 27.8. The van der Waals surface area contributed by atoms with Crippen molar-refractivity contribution in [3.63, 3.8) is 0 Å². The number of ether oxygens (including phenoxy) is 2. The number of aromatic nitrogens is 5. The van der Waals surface area contributed by atoms with Crippen molar-refractivity contribution in [1.82, 2.24) is 29.4 Å². The number of fused-ring (bicyclic) bond motifs is 2. The molecule has 12 heteroatoms. The molecular weight excluding hydrogens is 577 g/mol. The van der Waals surface area contributed by atoms with Crippen LogP contribution < -0.4 is 4.74 Å². The first-order valence-electron chi connectivity index (χ1n) is 14.6. The second-order valence-corrected chi connectivity index (χ2v) is 11.1. The van der Waals surface area contributed by atoms with Gasteiger partial charge in [-0.25, -0.2) is 29.1 Å². The molecule has 0 spiro atoms. The normalized spacial score (nSPS) is 16.1. The highest BCUT2D eigenvalue weighted by Crippen LogP contribution is 2.26. The first-order chi connectivity index (χ1) is 21.9. The molecule has 1 N–H and O–H groups in total. The molecule has 0 saturated carbocycles. The Kier molecular flexibility index (Phi) is 7.62. The molecule has 0 unspecified atom stereocenters. The van der Waals surface area contributed by atoms with Gasteiger partial charge in [-0.05, 0) is 42.8 Å². The van der Waals surface area contributed by atoms with Crippen LogP contribution in [0.5, 0.6) is 5.88 Å². The number of hydrogen-bond donors (Lipinski definition) is 1. The molecule has 0 bridgehead atoms. The largest absolute Gasteiger partial charge is 0.478 e. The van der Waals surface area contributed by atoms with Crippen molar-refractivity contribution in [2.45, 2.75) is 45.2 Å². The maximum Gasteiger partial charge on any atom is 0.335 e. The van der Waals surface area contributed by atoms with E-state index in [4.69, 9.17) is 24.7 Å². The van der Waals surface area contributed by atoms with Crippen LogP contribution in [0.4, 0.5) is 4.39 Å². The lowest BCUT2D eigenvalue weighted by molar-refractivity contribution is -0.0592. The molecule has 0 radical (unpaired) electrons. The van der Waals surface area contributed by atoms with Gasteiger partial charge in [0.1, 0.15) is 23.9 Å². The smallest absolute Gasteiger partial charge is 0.335 e. The fraction of sp³-hybridized carbons (Fsp3) is 0.273. The van der Waals surface area contributed by atoms with Crippen LogP contribution in [-0.4, -0.2) is 59.7 Å². The van der Waals surface area contributed by atoms with Crippen LogP contribution in [0.1, 0.15) is 45.0 Å². The lowest BCUT2D eigenvalue weighted by Gasteiger charge is -2.30. The molecule has 11 nitrogen and oxygen atoms in total. The Morgan fingerprint density at radius 2 is 2.04 bits per heavy atom. The van der Waals surface area contributed by atoms with Gasteiger partial charge in [-0.15, -0.1) is 0 Å². The van der Waals surface area contributed by atoms with E-state index in [0.29, 0.717) is 49.0 Å². The highest BCUT2D eigenvalue weighted by Gasteiger charge is 2.25. The van der Waals surface area contributed by atoms with Crippen LogP contribution in [0.2, 0.25) is 0 Å². The van der Waals surface area contributed by atoms with Crippen molar-refractivity contribution in [1.29, 1.82) is 5.26 Å². The molecule has 3 aromatic heterocycles. The SMILES string of the molecule is N#Cc1ccc(COc2cccc(-c3ncc4c(n3)CCN(Cc3nc5ccc(C(=O)O)cc5n3C[C@@H]3CCO3)C4)n2)c(F)c1. The summed E-state index contributed by atoms with van der Waals surface area (Å²) in [4.78, 5) is 32.7. The van der Waals surface area contributed by atoms with Crippen molar-refractivity contribution in [2.24, 2.45) is 0 Å². The minimum absolute atomic E-state index is 0.0307. The predicted molar refractivity (Wildman–Crippen MR) is 160 cm³/mol. The maximum absolute atomic E-state index is 14.3. The van der Waals surface area contributed by atoms with E-state index in [0.717, 1.165) is 47.7 Å². The standard InChI is InChI=1S/C33H28FN7O4/c34-25-12-20(14-35)4-5-22(25)19-45-31-3-1-2-28(38-31)32-36-15-23-16-40(10-8-26(23)39-32)18-30-37-27-7-6-21(33(42)43)13-29(27)41(30)17-24-9-11-44-24/h1-7,12-13,15,24H,8-11,16-19H2,(H,42,43)/t24-/m0/s1. The zero-order valence-electron chi connectivity index (χ0n) is 24.2. The van der Waals surface area contributed by atoms with Crippen LogP contribution in [0.15, 0.2) is 60.8 Å². The van der Waals surface area contributed by atoms with Crippen LogP contribution >= 0.6 is 0 Å². The number of carbonyl (C=O) groups is 1. The predicted octanol–water partition coefficient (Wildman–Crippen LogP) is 4.52. The summed E-state index contributed by atoms with van der Waals surface area (Å²) in [5.74, 6) is 0.189. The third-order valence-corrected chi connectivity index (χ3v) is 8.14. The van der Waals surface area contributed by atoms with E-state index in [2.05, 4.69) is 19.4 Å². The number of carboxylic acids is 1. The third-order valence-electron chi connectivity index (χ3n) is 8.14. The number of aromatic carboxylic acids is 1. The van der Waals surface area contributed by atoms with Gasteiger partial charge >= 0.3 is 5.97 Å². The number of rotatable bonds is 9. The Labute approximate surface area is 257 Å². The molecule has 2 aliphatic rings. The lowest BCUT2D eigenvalue weighted by atomic mass is 10.1. The van der Waals surface area contributed by atoms with E-state index in [1.807, 2.05) is 12.3 Å². The second kappa shape index (κ2) is 12.0. The molecule has 1 fully saturated rings. The number of benzene rings is 2. The molecule has 226 valence electrons. The molecule has 7 rings (SSSR count). The van der Waals surface area contributed by atoms with Gasteiger partial charge in [0.25, 0.3) is 0 Å². The Morgan fingerprint density at radius 1 is 1.16 bits per heavy atom. The van der Waals surface area contributed by atoms with Gasteiger partial charge < -0.3 is 19.1 Å². The number of nitrogens with zero attached hydrogens (tertiary/aromatic N) is 7. The highest BCUT2D eigenvalue weighted by molar-refractivity contribution is 5.92. The Bertz CT molecular complexity index is 1970. The number of halogens is 1. The molecule has 1 saturated heterocycles. The molecule has 1 atom stereocenters. The Balaban J connectivity index is 1.06. The molecule has 0 amide bonds. The molecule has 5 aromatic rings. The van der Waals surface area contributed by atoms with Crippen molar-refractivity contribution in [3.05, 3.63) is 100 Å². The van der Waals surface area contributed by atoms with Crippen molar-refractivity contribution in [3.8, 4) is 23.5 Å². The fourth-order valence-corrected chi connectivity index (χ4v) is 5.60. The summed E-state index contributed by atoms with van der Waals surface area (Å²) >= 11 is 0. The number of imidazole rings is 1. The number of carboxylic acid groups (broad SMARTS) is 1. The highest BCUT2D eigenvalue weighted by atomic mass is 19.1. The zero-order valence-corrected chi connectivity index (χ0v) is 24.2. The van der Waals surface area contributed by atoms with E-state index in [9.17, 15) is 14.3 Å². The summed E-state index contributed by atoms with van der Waals surface area (Å²) in [6.07, 6.45) is 3.61. The second-order valence-electron chi connectivity index (χ2n) is 11.1. The number of nitriles is 1. The van der Waals surface area contributed by atoms with Crippen molar-refractivity contribution >= 4 is 17.0 Å². The summed E-state index contributed by atoms with van der Waals surface area (Å²) in [5, 5.41) is 18.5. The van der Waals surface area contributed by atoms with Crippen LogP contribution in [-0.2, 0) is 37.4 Å². The lowest BCUT2D eigenvalue weighted by Crippen LogP contribution is -2.34. The zero-order chi connectivity index (χ0) is 30.9. The minimum Gasteiger partial charge on any atom is -0.478 e. The third kappa shape index (κ3) is 5.95. The molecule has 5 heterocycles. The van der Waals surface area contributed by atoms with Crippen LogP contribution in [0.25, 0.3) is 22.6 Å².